The number of carbonyl (C=O) groups is 2. The maximum absolute atomic E-state index is 13.0. The van der Waals surface area contributed by atoms with E-state index in [1.54, 1.807) is 6.08 Å². The zero-order valence-corrected chi connectivity index (χ0v) is 48.4. The number of amides is 1. The molecule has 0 aromatic carbocycles. The van der Waals surface area contributed by atoms with Crippen LogP contribution in [0.1, 0.15) is 264 Å². The lowest BCUT2D eigenvalue weighted by Crippen LogP contribution is -2.60. The number of ether oxygens (including phenoxy) is 3. The molecule has 1 aliphatic heterocycles. The quantitative estimate of drug-likeness (QED) is 0.0195. The molecule has 440 valence electrons. The van der Waals surface area contributed by atoms with Gasteiger partial charge >= 0.3 is 5.97 Å². The standard InChI is InChI=1S/C65H115NO10/c1-3-5-7-9-11-13-14-15-30-33-37-41-45-49-53-61(70)74-54-50-46-42-38-34-31-28-26-24-22-20-18-16-17-19-21-23-25-27-29-32-36-40-44-48-52-60(69)66-57(58(68)51-47-43-39-35-12-10-8-6-4-2)56-75-65-64(73)63(72)62(71)59(55-67)76-65/h4,6,12,14-15,17-20,35,47,51,57-59,62-65,67-68,71-73H,3,5,7-11,13,16,21-34,36-46,48-50,52-56H2,1-2H3,(H,66,69)/b6-4+,15-14-,19-17-,20-18-,35-12+,51-47+. The summed E-state index contributed by atoms with van der Waals surface area (Å²) in [7, 11) is 0. The molecule has 1 heterocycles. The van der Waals surface area contributed by atoms with Gasteiger partial charge in [0.2, 0.25) is 5.91 Å². The van der Waals surface area contributed by atoms with Crippen molar-refractivity contribution in [2.45, 2.75) is 307 Å². The van der Waals surface area contributed by atoms with Gasteiger partial charge in [-0.3, -0.25) is 9.59 Å². The summed E-state index contributed by atoms with van der Waals surface area (Å²) in [6.07, 6.45) is 61.8. The van der Waals surface area contributed by atoms with Crippen LogP contribution in [0.3, 0.4) is 0 Å². The molecule has 11 nitrogen and oxygen atoms in total. The number of nitrogens with one attached hydrogen (secondary N) is 1. The van der Waals surface area contributed by atoms with E-state index in [1.807, 2.05) is 19.1 Å². The zero-order valence-electron chi connectivity index (χ0n) is 48.4. The van der Waals surface area contributed by atoms with Crippen LogP contribution in [0.25, 0.3) is 0 Å². The van der Waals surface area contributed by atoms with Crippen LogP contribution in [0.4, 0.5) is 0 Å². The normalized spacial score (nSPS) is 19.2. The molecule has 0 aliphatic carbocycles. The van der Waals surface area contributed by atoms with E-state index in [9.17, 15) is 35.1 Å². The molecule has 11 heteroatoms. The average molecular weight is 1070 g/mol. The van der Waals surface area contributed by atoms with E-state index in [2.05, 4.69) is 66.9 Å². The molecule has 1 amide bonds. The van der Waals surface area contributed by atoms with Gasteiger partial charge in [0.15, 0.2) is 6.29 Å². The van der Waals surface area contributed by atoms with Gasteiger partial charge in [-0.05, 0) is 110 Å². The SMILES string of the molecule is C/C=C/CC/C=C/CC/C=C/C(O)C(COC1OC(CO)C(O)C(O)C1O)NC(=O)CCCCCCCCCCC/C=C\C/C=C\CCCCCCCCCCCOC(=O)CCCCCCC/C=C\CCCCCCC. The second kappa shape index (κ2) is 54.1. The molecule has 0 spiro atoms. The Kier molecular flexibility index (Phi) is 50.6. The Bertz CT molecular complexity index is 1490. The number of esters is 1. The van der Waals surface area contributed by atoms with Gasteiger partial charge in [-0.1, -0.05) is 215 Å². The largest absolute Gasteiger partial charge is 0.466 e. The highest BCUT2D eigenvalue weighted by Gasteiger charge is 2.44. The van der Waals surface area contributed by atoms with Gasteiger partial charge in [-0.15, -0.1) is 0 Å². The molecule has 1 saturated heterocycles. The number of aliphatic hydroxyl groups is 5. The summed E-state index contributed by atoms with van der Waals surface area (Å²) in [4.78, 5) is 25.0. The topological polar surface area (TPSA) is 175 Å². The Labute approximate surface area is 464 Å². The van der Waals surface area contributed by atoms with Crippen LogP contribution in [-0.2, 0) is 23.8 Å². The Hall–Kier alpha value is -2.90. The summed E-state index contributed by atoms with van der Waals surface area (Å²) in [5.74, 6) is -0.219. The first-order valence-electron chi connectivity index (χ1n) is 31.2. The van der Waals surface area contributed by atoms with Crippen LogP contribution < -0.4 is 5.32 Å². The predicted octanol–water partition coefficient (Wildman–Crippen LogP) is 14.8. The van der Waals surface area contributed by atoms with E-state index < -0.39 is 49.5 Å². The van der Waals surface area contributed by atoms with E-state index >= 15 is 0 Å². The third-order valence-electron chi connectivity index (χ3n) is 14.3. The van der Waals surface area contributed by atoms with Crippen molar-refractivity contribution in [3.8, 4) is 0 Å². The van der Waals surface area contributed by atoms with Crippen molar-refractivity contribution < 1.29 is 49.3 Å². The number of hydrogen-bond donors (Lipinski definition) is 6. The molecule has 1 rings (SSSR count). The molecule has 76 heavy (non-hydrogen) atoms. The predicted molar refractivity (Wildman–Crippen MR) is 315 cm³/mol. The molecule has 0 aromatic heterocycles. The summed E-state index contributed by atoms with van der Waals surface area (Å²) >= 11 is 0. The van der Waals surface area contributed by atoms with Gasteiger partial charge in [-0.25, -0.2) is 0 Å². The van der Waals surface area contributed by atoms with Gasteiger partial charge in [0, 0.05) is 12.8 Å². The fourth-order valence-electron chi connectivity index (χ4n) is 9.38. The first-order chi connectivity index (χ1) is 37.2. The molecule has 7 atom stereocenters. The molecule has 0 radical (unpaired) electrons. The van der Waals surface area contributed by atoms with Crippen molar-refractivity contribution in [1.82, 2.24) is 5.32 Å². The molecule has 0 aromatic rings. The molecular formula is C65H115NO10. The number of carbonyl (C=O) groups excluding carboxylic acids is 2. The fraction of sp³-hybridized carbons (Fsp3) is 0.785. The average Bonchev–Trinajstić information content (AvgIpc) is 3.42. The van der Waals surface area contributed by atoms with Gasteiger partial charge < -0.3 is 45.1 Å². The van der Waals surface area contributed by atoms with Crippen molar-refractivity contribution in [3.63, 3.8) is 0 Å². The van der Waals surface area contributed by atoms with Crippen molar-refractivity contribution in [2.24, 2.45) is 0 Å². The molecule has 0 bridgehead atoms. The molecule has 1 aliphatic rings. The Balaban J connectivity index is 2.00. The Morgan fingerprint density at radius 2 is 0.947 bits per heavy atom. The molecule has 6 N–H and O–H groups in total. The molecular weight excluding hydrogens is 955 g/mol. The highest BCUT2D eigenvalue weighted by Crippen LogP contribution is 2.23. The van der Waals surface area contributed by atoms with Crippen LogP contribution >= 0.6 is 0 Å². The summed E-state index contributed by atoms with van der Waals surface area (Å²) in [6.45, 7) is 4.06. The second-order valence-electron chi connectivity index (χ2n) is 21.4. The zero-order chi connectivity index (χ0) is 55.2. The van der Waals surface area contributed by atoms with E-state index in [0.29, 0.717) is 25.9 Å². The summed E-state index contributed by atoms with van der Waals surface area (Å²) in [5.41, 5.74) is 0. The lowest BCUT2D eigenvalue weighted by atomic mass is 9.99. The van der Waals surface area contributed by atoms with Crippen LogP contribution in [0.2, 0.25) is 0 Å². The van der Waals surface area contributed by atoms with Gasteiger partial charge in [0.25, 0.3) is 0 Å². The third-order valence-corrected chi connectivity index (χ3v) is 14.3. The van der Waals surface area contributed by atoms with Crippen molar-refractivity contribution in [1.29, 1.82) is 0 Å². The maximum Gasteiger partial charge on any atom is 0.305 e. The third kappa shape index (κ3) is 43.0. The number of rotatable bonds is 53. The van der Waals surface area contributed by atoms with Crippen LogP contribution in [0.15, 0.2) is 72.9 Å². The smallest absolute Gasteiger partial charge is 0.305 e. The number of unbranched alkanes of at least 4 members (excludes halogenated alkanes) is 30. The summed E-state index contributed by atoms with van der Waals surface area (Å²) in [5, 5.41) is 54.1. The van der Waals surface area contributed by atoms with E-state index in [4.69, 9.17) is 14.2 Å². The molecule has 1 fully saturated rings. The van der Waals surface area contributed by atoms with Crippen molar-refractivity contribution in [3.05, 3.63) is 72.9 Å². The minimum Gasteiger partial charge on any atom is -0.466 e. The number of aliphatic hydroxyl groups excluding tert-OH is 5. The van der Waals surface area contributed by atoms with Crippen LogP contribution in [0.5, 0.6) is 0 Å². The van der Waals surface area contributed by atoms with Crippen LogP contribution in [-0.4, -0.2) is 100 Å². The lowest BCUT2D eigenvalue weighted by Gasteiger charge is -2.40. The van der Waals surface area contributed by atoms with E-state index in [1.165, 1.54) is 148 Å². The maximum atomic E-state index is 13.0. The van der Waals surface area contributed by atoms with Crippen LogP contribution in [0, 0.1) is 0 Å². The number of allylic oxidation sites excluding steroid dienone is 11. The first kappa shape index (κ1) is 71.1. The summed E-state index contributed by atoms with van der Waals surface area (Å²) in [6, 6.07) is -0.839. The van der Waals surface area contributed by atoms with Crippen molar-refractivity contribution in [2.75, 3.05) is 19.8 Å². The molecule has 0 saturated carbocycles. The fourth-order valence-corrected chi connectivity index (χ4v) is 9.38. The van der Waals surface area contributed by atoms with Gasteiger partial charge in [0.1, 0.15) is 24.4 Å². The highest BCUT2D eigenvalue weighted by atomic mass is 16.7. The lowest BCUT2D eigenvalue weighted by molar-refractivity contribution is -0.302. The van der Waals surface area contributed by atoms with E-state index in [0.717, 1.165) is 83.5 Å². The van der Waals surface area contributed by atoms with Gasteiger partial charge in [0.05, 0.1) is 32.0 Å². The minimum atomic E-state index is -1.58. The highest BCUT2D eigenvalue weighted by molar-refractivity contribution is 5.76. The van der Waals surface area contributed by atoms with E-state index in [-0.39, 0.29) is 18.5 Å². The Morgan fingerprint density at radius 1 is 0.513 bits per heavy atom. The van der Waals surface area contributed by atoms with Crippen molar-refractivity contribution >= 4 is 11.9 Å². The molecule has 7 unspecified atom stereocenters. The minimum absolute atomic E-state index is 0.0118. The number of hydrogen-bond acceptors (Lipinski definition) is 10. The monoisotopic (exact) mass is 1070 g/mol. The van der Waals surface area contributed by atoms with Gasteiger partial charge in [-0.2, -0.15) is 0 Å². The second-order valence-corrected chi connectivity index (χ2v) is 21.4. The Morgan fingerprint density at radius 3 is 1.46 bits per heavy atom. The summed E-state index contributed by atoms with van der Waals surface area (Å²) < 4.78 is 16.6. The first-order valence-corrected chi connectivity index (χ1v) is 31.2.